The minimum absolute atomic E-state index is 0. The number of thiophene rings is 1. The first-order valence-corrected chi connectivity index (χ1v) is 6.13. The van der Waals surface area contributed by atoms with Crippen LogP contribution in [0.25, 0.3) is 0 Å². The molecule has 0 aliphatic rings. The summed E-state index contributed by atoms with van der Waals surface area (Å²) in [5.74, 6) is 0.0264. The molecular weight excluding hydrogens is 244 g/mol. The van der Waals surface area contributed by atoms with E-state index < -0.39 is 0 Å². The molecule has 3 nitrogen and oxygen atoms in total. The van der Waals surface area contributed by atoms with Gasteiger partial charge in [-0.25, -0.2) is 0 Å². The van der Waals surface area contributed by atoms with Crippen molar-refractivity contribution in [2.75, 3.05) is 13.1 Å². The van der Waals surface area contributed by atoms with Crippen LogP contribution in [-0.4, -0.2) is 25.0 Å². The monoisotopic (exact) mass is 262 g/mol. The molecule has 2 N–H and O–H groups in total. The molecule has 0 aliphatic carbocycles. The number of nitrogens with one attached hydrogen (secondary N) is 2. The molecule has 0 aromatic carbocycles. The first-order valence-electron chi connectivity index (χ1n) is 5.19. The summed E-state index contributed by atoms with van der Waals surface area (Å²) in [5, 5.41) is 10.0. The molecule has 1 aromatic heterocycles. The topological polar surface area (TPSA) is 41.1 Å². The van der Waals surface area contributed by atoms with Gasteiger partial charge in [-0.3, -0.25) is 4.79 Å². The van der Waals surface area contributed by atoms with Crippen molar-refractivity contribution in [3.63, 3.8) is 0 Å². The van der Waals surface area contributed by atoms with Gasteiger partial charge in [-0.15, -0.1) is 12.4 Å². The quantitative estimate of drug-likeness (QED) is 0.854. The van der Waals surface area contributed by atoms with Gasteiger partial charge in [0.1, 0.15) is 0 Å². The molecule has 0 radical (unpaired) electrons. The predicted octanol–water partition coefficient (Wildman–Crippen LogP) is 2.21. The third kappa shape index (κ3) is 4.51. The second kappa shape index (κ2) is 7.65. The number of halogens is 1. The first-order chi connectivity index (χ1) is 7.15. The Morgan fingerprint density at radius 1 is 1.50 bits per heavy atom. The van der Waals surface area contributed by atoms with Gasteiger partial charge in [0.05, 0.1) is 5.56 Å². The molecule has 0 unspecified atom stereocenters. The Bertz CT molecular complexity index is 328. The van der Waals surface area contributed by atoms with E-state index in [1.54, 1.807) is 11.3 Å². The smallest absolute Gasteiger partial charge is 0.252 e. The van der Waals surface area contributed by atoms with Crippen molar-refractivity contribution in [2.24, 2.45) is 0 Å². The molecule has 1 amide bonds. The van der Waals surface area contributed by atoms with E-state index in [2.05, 4.69) is 24.5 Å². The second-order valence-corrected chi connectivity index (χ2v) is 4.38. The summed E-state index contributed by atoms with van der Waals surface area (Å²) in [5.41, 5.74) is 1.84. The van der Waals surface area contributed by atoms with Gasteiger partial charge in [0, 0.05) is 18.0 Å². The molecule has 0 spiro atoms. The van der Waals surface area contributed by atoms with E-state index in [-0.39, 0.29) is 18.3 Å². The summed E-state index contributed by atoms with van der Waals surface area (Å²) in [4.78, 5) is 11.7. The van der Waals surface area contributed by atoms with Crippen LogP contribution in [0.15, 0.2) is 10.8 Å². The zero-order valence-corrected chi connectivity index (χ0v) is 11.5. The highest BCUT2D eigenvalue weighted by Crippen LogP contribution is 2.12. The minimum atomic E-state index is 0. The van der Waals surface area contributed by atoms with Crippen LogP contribution in [0, 0.1) is 6.92 Å². The number of carbonyl (C=O) groups excluding carboxylic acids is 1. The molecule has 0 saturated heterocycles. The average Bonchev–Trinajstić information content (AvgIpc) is 2.61. The average molecular weight is 263 g/mol. The van der Waals surface area contributed by atoms with Crippen molar-refractivity contribution in [3.05, 3.63) is 21.9 Å². The van der Waals surface area contributed by atoms with Gasteiger partial charge in [0.15, 0.2) is 0 Å². The molecule has 5 heteroatoms. The second-order valence-electron chi connectivity index (χ2n) is 3.64. The van der Waals surface area contributed by atoms with Crippen LogP contribution >= 0.6 is 23.7 Å². The van der Waals surface area contributed by atoms with Crippen LogP contribution in [0.3, 0.4) is 0 Å². The number of aryl methyl sites for hydroxylation is 1. The number of hydrogen-bond donors (Lipinski definition) is 2. The van der Waals surface area contributed by atoms with Gasteiger partial charge in [-0.1, -0.05) is 6.92 Å². The van der Waals surface area contributed by atoms with Crippen LogP contribution in [0.5, 0.6) is 0 Å². The highest BCUT2D eigenvalue weighted by Gasteiger charge is 2.10. The van der Waals surface area contributed by atoms with Crippen LogP contribution in [0.4, 0.5) is 0 Å². The van der Waals surface area contributed by atoms with Gasteiger partial charge < -0.3 is 10.6 Å². The van der Waals surface area contributed by atoms with Crippen molar-refractivity contribution in [1.82, 2.24) is 10.6 Å². The summed E-state index contributed by atoms with van der Waals surface area (Å²) < 4.78 is 0. The van der Waals surface area contributed by atoms with E-state index in [4.69, 9.17) is 0 Å². The number of rotatable bonds is 5. The molecular formula is C11H19ClN2OS. The lowest BCUT2D eigenvalue weighted by atomic mass is 10.2. The molecule has 92 valence electrons. The van der Waals surface area contributed by atoms with Crippen molar-refractivity contribution in [3.8, 4) is 0 Å². The van der Waals surface area contributed by atoms with E-state index in [9.17, 15) is 4.79 Å². The van der Waals surface area contributed by atoms with Crippen molar-refractivity contribution >= 4 is 29.7 Å². The van der Waals surface area contributed by atoms with Gasteiger partial charge in [0.25, 0.3) is 5.91 Å². The molecule has 1 aromatic rings. The van der Waals surface area contributed by atoms with E-state index in [1.165, 1.54) is 0 Å². The molecule has 1 atom stereocenters. The largest absolute Gasteiger partial charge is 0.350 e. The number of likely N-dealkylation sites (N-methyl/N-ethyl adjacent to an activating group) is 1. The molecule has 0 fully saturated rings. The zero-order valence-electron chi connectivity index (χ0n) is 9.87. The standard InChI is InChI=1S/C11H18N2OS.ClH/c1-4-12-9(3)5-13-11(14)10-7-15-6-8(10)2;/h6-7,9,12H,4-5H2,1-3H3,(H,13,14);1H/t9-;/m1./s1. The fourth-order valence-corrected chi connectivity index (χ4v) is 2.18. The van der Waals surface area contributed by atoms with Gasteiger partial charge in [0.2, 0.25) is 0 Å². The Balaban J connectivity index is 0.00000225. The Morgan fingerprint density at radius 2 is 2.19 bits per heavy atom. The third-order valence-electron chi connectivity index (χ3n) is 2.22. The summed E-state index contributed by atoms with van der Waals surface area (Å²) in [6.07, 6.45) is 0. The highest BCUT2D eigenvalue weighted by atomic mass is 35.5. The maximum absolute atomic E-state index is 11.7. The van der Waals surface area contributed by atoms with E-state index in [0.717, 1.165) is 17.7 Å². The molecule has 0 saturated carbocycles. The summed E-state index contributed by atoms with van der Waals surface area (Å²) in [6, 6.07) is 0.317. The van der Waals surface area contributed by atoms with Crippen LogP contribution in [0.1, 0.15) is 29.8 Å². The van der Waals surface area contributed by atoms with Crippen LogP contribution < -0.4 is 10.6 Å². The first kappa shape index (κ1) is 15.4. The highest BCUT2D eigenvalue weighted by molar-refractivity contribution is 7.08. The van der Waals surface area contributed by atoms with Crippen molar-refractivity contribution in [1.29, 1.82) is 0 Å². The van der Waals surface area contributed by atoms with E-state index >= 15 is 0 Å². The molecule has 1 rings (SSSR count). The third-order valence-corrected chi connectivity index (χ3v) is 3.08. The lowest BCUT2D eigenvalue weighted by Crippen LogP contribution is -2.38. The van der Waals surface area contributed by atoms with Crippen molar-refractivity contribution < 1.29 is 4.79 Å². The fraction of sp³-hybridized carbons (Fsp3) is 0.545. The molecule has 1 heterocycles. The minimum Gasteiger partial charge on any atom is -0.350 e. The van der Waals surface area contributed by atoms with Crippen LogP contribution in [0.2, 0.25) is 0 Å². The van der Waals surface area contributed by atoms with Gasteiger partial charge in [-0.2, -0.15) is 11.3 Å². The number of amides is 1. The van der Waals surface area contributed by atoms with Gasteiger partial charge >= 0.3 is 0 Å². The Hall–Kier alpha value is -0.580. The number of hydrogen-bond acceptors (Lipinski definition) is 3. The lowest BCUT2D eigenvalue weighted by Gasteiger charge is -2.12. The Kier molecular flexibility index (Phi) is 7.38. The molecule has 0 aliphatic heterocycles. The van der Waals surface area contributed by atoms with Gasteiger partial charge in [-0.05, 0) is 31.3 Å². The summed E-state index contributed by atoms with van der Waals surface area (Å²) in [6.45, 7) is 7.67. The maximum Gasteiger partial charge on any atom is 0.252 e. The summed E-state index contributed by atoms with van der Waals surface area (Å²) in [7, 11) is 0. The Labute approximate surface area is 107 Å². The van der Waals surface area contributed by atoms with E-state index in [1.807, 2.05) is 17.7 Å². The molecule has 0 bridgehead atoms. The SMILES string of the molecule is CCN[C@H](C)CNC(=O)c1cscc1C.Cl. The van der Waals surface area contributed by atoms with E-state index in [0.29, 0.717) is 12.6 Å². The van der Waals surface area contributed by atoms with Crippen LogP contribution in [-0.2, 0) is 0 Å². The summed E-state index contributed by atoms with van der Waals surface area (Å²) >= 11 is 1.56. The number of carbonyl (C=O) groups is 1. The Morgan fingerprint density at radius 3 is 2.69 bits per heavy atom. The normalized spacial score (nSPS) is 11.7. The molecule has 16 heavy (non-hydrogen) atoms. The predicted molar refractivity (Wildman–Crippen MR) is 71.8 cm³/mol. The maximum atomic E-state index is 11.7. The lowest BCUT2D eigenvalue weighted by molar-refractivity contribution is 0.0950. The van der Waals surface area contributed by atoms with Crippen molar-refractivity contribution in [2.45, 2.75) is 26.8 Å². The fourth-order valence-electron chi connectivity index (χ4n) is 1.35. The zero-order chi connectivity index (χ0) is 11.3.